The molecule has 197 valence electrons. The van der Waals surface area contributed by atoms with Crippen LogP contribution in [0.2, 0.25) is 0 Å². The zero-order chi connectivity index (χ0) is 26.7. The number of nitrogens with zero attached hydrogens (tertiary/aromatic N) is 2. The van der Waals surface area contributed by atoms with Gasteiger partial charge in [0, 0.05) is 25.5 Å². The van der Waals surface area contributed by atoms with Crippen LogP contribution in [0, 0.1) is 24.1 Å². The minimum Gasteiger partial charge on any atom is -0.541 e. The van der Waals surface area contributed by atoms with Gasteiger partial charge in [-0.25, -0.2) is 4.39 Å². The van der Waals surface area contributed by atoms with Crippen molar-refractivity contribution >= 4 is 18.1 Å². The Balaban J connectivity index is 0.00000481. The average molecular weight is 598 g/mol. The first-order valence-electron chi connectivity index (χ1n) is 11.5. The molecule has 1 aromatic carbocycles. The molecule has 1 saturated heterocycles. The van der Waals surface area contributed by atoms with Gasteiger partial charge in [0.2, 0.25) is 5.91 Å². The Labute approximate surface area is 228 Å². The summed E-state index contributed by atoms with van der Waals surface area (Å²) in [6.07, 6.45) is 1.18. The monoisotopic (exact) mass is 598 g/mol. The van der Waals surface area contributed by atoms with Crippen LogP contribution in [0.15, 0.2) is 42.7 Å². The summed E-state index contributed by atoms with van der Waals surface area (Å²) in [6.45, 7) is 7.84. The van der Waals surface area contributed by atoms with Gasteiger partial charge >= 0.3 is 28.6 Å². The van der Waals surface area contributed by atoms with Crippen LogP contribution in [0.3, 0.4) is 0 Å². The molecule has 11 heteroatoms. The number of hydrogen-bond acceptors (Lipinski definition) is 4. The molecule has 3 rings (SSSR count). The third-order valence-electron chi connectivity index (χ3n) is 6.68. The van der Waals surface area contributed by atoms with Crippen LogP contribution in [0.25, 0.3) is 0 Å². The van der Waals surface area contributed by atoms with E-state index in [4.69, 9.17) is 0 Å². The van der Waals surface area contributed by atoms with Gasteiger partial charge in [0.1, 0.15) is 11.9 Å². The van der Waals surface area contributed by atoms with Crippen molar-refractivity contribution < 1.29 is 54.3 Å². The maximum Gasteiger partial charge on any atom is 2.00 e. The van der Waals surface area contributed by atoms with E-state index in [1.807, 2.05) is 6.07 Å². The smallest absolute Gasteiger partial charge is 0.541 e. The predicted molar refractivity (Wildman–Crippen MR) is 124 cm³/mol. The van der Waals surface area contributed by atoms with Crippen LogP contribution in [0.5, 0.6) is 0 Å². The fourth-order valence-corrected chi connectivity index (χ4v) is 4.35. The van der Waals surface area contributed by atoms with Crippen molar-refractivity contribution in [3.05, 3.63) is 72.2 Å². The van der Waals surface area contributed by atoms with Crippen LogP contribution in [-0.2, 0) is 38.1 Å². The van der Waals surface area contributed by atoms with E-state index in [0.717, 1.165) is 5.56 Å². The molecule has 2 amide bonds. The number of rotatable bonds is 7. The second kappa shape index (κ2) is 12.3. The molecule has 6 nitrogen and oxygen atoms in total. The summed E-state index contributed by atoms with van der Waals surface area (Å²) in [6, 6.07) is 4.00. The molecule has 0 saturated carbocycles. The molecule has 1 fully saturated rings. The first kappa shape index (κ1) is 30.7. The normalized spacial score (nSPS) is 16.9. The van der Waals surface area contributed by atoms with Crippen molar-refractivity contribution in [2.45, 2.75) is 44.8 Å². The molecule has 2 atom stereocenters. The van der Waals surface area contributed by atoms with Crippen molar-refractivity contribution in [2.24, 2.45) is 11.3 Å². The standard InChI is InChI=1S/C26H27F4N3O3.Nb/c1-16(2)22(32-23(35)20-13-19(26(28,29)30)6-7-21(20)27)24(36)33-11-8-25(15-34,9-12-33)17(3)18-5-4-10-31-14-18;/h4-7,10,13-14,16-17,22H,3,8-9,11-12H2,1-2H3,(H,32,35);/q-2;+2/t17?,22-;/m1./s1. The summed E-state index contributed by atoms with van der Waals surface area (Å²) in [5.74, 6) is -3.57. The summed E-state index contributed by atoms with van der Waals surface area (Å²) in [4.78, 5) is 43.5. The Morgan fingerprint density at radius 3 is 2.35 bits per heavy atom. The molecule has 1 aromatic heterocycles. The van der Waals surface area contributed by atoms with Gasteiger partial charge in [0.15, 0.2) is 0 Å². The second-order valence-electron chi connectivity index (χ2n) is 9.31. The van der Waals surface area contributed by atoms with Crippen molar-refractivity contribution in [1.29, 1.82) is 0 Å². The fraction of sp³-hybridized carbons (Fsp3) is 0.423. The van der Waals surface area contributed by atoms with Gasteiger partial charge in [-0.05, 0) is 30.2 Å². The van der Waals surface area contributed by atoms with E-state index in [1.165, 1.54) is 4.90 Å². The molecule has 0 bridgehead atoms. The Morgan fingerprint density at radius 2 is 1.84 bits per heavy atom. The summed E-state index contributed by atoms with van der Waals surface area (Å²) < 4.78 is 53.3. The number of piperidine rings is 1. The molecule has 1 N–H and O–H groups in total. The van der Waals surface area contributed by atoms with Crippen molar-refractivity contribution in [3.8, 4) is 0 Å². The number of likely N-dealkylation sites (tertiary alicyclic amines) is 1. The van der Waals surface area contributed by atoms with Crippen LogP contribution >= 0.6 is 0 Å². The van der Waals surface area contributed by atoms with Gasteiger partial charge in [-0.1, -0.05) is 38.3 Å². The molecule has 1 unspecified atom stereocenters. The maximum atomic E-state index is 14.2. The first-order chi connectivity index (χ1) is 16.9. The minimum absolute atomic E-state index is 0. The molecule has 0 spiro atoms. The number of amides is 2. The largest absolute Gasteiger partial charge is 2.00 e. The molecule has 2 heterocycles. The first-order valence-corrected chi connectivity index (χ1v) is 11.5. The maximum absolute atomic E-state index is 14.2. The van der Waals surface area contributed by atoms with E-state index in [1.54, 1.807) is 32.3 Å². The molecular formula is C26H27F4N3NbO3. The van der Waals surface area contributed by atoms with Gasteiger partial charge in [0.05, 0.1) is 11.1 Å². The van der Waals surface area contributed by atoms with Gasteiger partial charge in [-0.3, -0.25) is 20.9 Å². The molecule has 1 radical (unpaired) electrons. The van der Waals surface area contributed by atoms with E-state index in [9.17, 15) is 31.9 Å². The van der Waals surface area contributed by atoms with Gasteiger partial charge in [-0.15, -0.1) is 5.41 Å². The number of carbonyl (C=O) groups excluding carboxylic acids is 3. The molecule has 1 aliphatic rings. The van der Waals surface area contributed by atoms with Crippen molar-refractivity contribution in [2.75, 3.05) is 13.1 Å². The molecule has 2 aromatic rings. The molecule has 1 aliphatic heterocycles. The summed E-state index contributed by atoms with van der Waals surface area (Å²) >= 11 is 0. The predicted octanol–water partition coefficient (Wildman–Crippen LogP) is 4.33. The number of carbonyl (C=O) groups is 2. The number of benzene rings is 1. The van der Waals surface area contributed by atoms with E-state index in [0.29, 0.717) is 18.2 Å². The van der Waals surface area contributed by atoms with Gasteiger partial charge in [-0.2, -0.15) is 19.1 Å². The quantitative estimate of drug-likeness (QED) is 0.293. The molecule has 37 heavy (non-hydrogen) atoms. The Bertz CT molecular complexity index is 1100. The van der Waals surface area contributed by atoms with Crippen LogP contribution < -0.4 is 5.32 Å². The number of aromatic nitrogens is 1. The second-order valence-corrected chi connectivity index (χ2v) is 9.31. The zero-order valence-corrected chi connectivity index (χ0v) is 22.6. The number of hydrogen-bond donors (Lipinski definition) is 1. The topological polar surface area (TPSA) is 79.4 Å². The minimum atomic E-state index is -4.76. The fourth-order valence-electron chi connectivity index (χ4n) is 4.35. The van der Waals surface area contributed by atoms with Gasteiger partial charge in [0.25, 0.3) is 5.91 Å². The Hall–Kier alpha value is -2.56. The summed E-state index contributed by atoms with van der Waals surface area (Å²) in [5.41, 5.74) is -2.11. The third kappa shape index (κ3) is 6.86. The average Bonchev–Trinajstić information content (AvgIpc) is 2.86. The van der Waals surface area contributed by atoms with Crippen LogP contribution in [0.1, 0.15) is 54.1 Å². The SMILES string of the molecule is [CH2-]C(c1cccnc1)C1([C-]=O)CCN(C(=O)[C@H](NC(=O)c2cc(C(F)(F)F)ccc2F)C(C)C)CC1.[Nb+2]. The van der Waals surface area contributed by atoms with E-state index < -0.39 is 58.2 Å². The summed E-state index contributed by atoms with van der Waals surface area (Å²) in [5, 5.41) is 2.40. The number of alkyl halides is 3. The molecular weight excluding hydrogens is 571 g/mol. The van der Waals surface area contributed by atoms with Crippen LogP contribution in [0.4, 0.5) is 17.6 Å². The van der Waals surface area contributed by atoms with Crippen molar-refractivity contribution in [3.63, 3.8) is 0 Å². The summed E-state index contributed by atoms with van der Waals surface area (Å²) in [7, 11) is 0. The van der Waals surface area contributed by atoms with Crippen LogP contribution in [-0.4, -0.2) is 47.1 Å². The zero-order valence-electron chi connectivity index (χ0n) is 20.4. The van der Waals surface area contributed by atoms with E-state index in [2.05, 4.69) is 23.5 Å². The number of nitrogens with one attached hydrogen (secondary N) is 1. The Kier molecular flexibility index (Phi) is 10.2. The number of halogens is 4. The third-order valence-corrected chi connectivity index (χ3v) is 6.68. The van der Waals surface area contributed by atoms with E-state index in [-0.39, 0.29) is 48.3 Å². The van der Waals surface area contributed by atoms with Crippen molar-refractivity contribution in [1.82, 2.24) is 15.2 Å². The van der Waals surface area contributed by atoms with E-state index >= 15 is 0 Å². The Morgan fingerprint density at radius 1 is 1.19 bits per heavy atom. The van der Waals surface area contributed by atoms with Gasteiger partial charge < -0.3 is 21.9 Å². The number of pyridine rings is 1. The molecule has 0 aliphatic carbocycles.